The van der Waals surface area contributed by atoms with Gasteiger partial charge >= 0.3 is 0 Å². The Morgan fingerprint density at radius 1 is 1.56 bits per heavy atom. The van der Waals surface area contributed by atoms with E-state index in [1.165, 1.54) is 12.8 Å². The van der Waals surface area contributed by atoms with Crippen LogP contribution in [0.4, 0.5) is 0 Å². The van der Waals surface area contributed by atoms with Crippen molar-refractivity contribution in [1.29, 1.82) is 0 Å². The predicted molar refractivity (Wildman–Crippen MR) is 39.1 cm³/mol. The third-order valence-electron chi connectivity index (χ3n) is 2.07. The Hall–Kier alpha value is 0.350. The maximum atomic E-state index is 5.54. The summed E-state index contributed by atoms with van der Waals surface area (Å²) in [5.41, 5.74) is 6.32. The minimum absolute atomic E-state index is 0.632. The molecule has 2 nitrogen and oxygen atoms in total. The molecule has 2 aliphatic heterocycles. The van der Waals surface area contributed by atoms with E-state index in [4.69, 9.17) is 10.5 Å². The number of epoxide rings is 1. The van der Waals surface area contributed by atoms with Gasteiger partial charge in [-0.25, -0.2) is 0 Å². The molecule has 2 saturated heterocycles. The third kappa shape index (κ3) is 1.12. The van der Waals surface area contributed by atoms with Crippen molar-refractivity contribution >= 4 is 8.58 Å². The van der Waals surface area contributed by atoms with Crippen LogP contribution in [-0.2, 0) is 4.74 Å². The fourth-order valence-corrected chi connectivity index (χ4v) is 2.94. The van der Waals surface area contributed by atoms with Gasteiger partial charge in [-0.1, -0.05) is 8.58 Å². The molecular formula is C6H12NOP. The molecule has 0 aromatic heterocycles. The molecule has 52 valence electrons. The lowest BCUT2D eigenvalue weighted by Gasteiger charge is -2.15. The molecule has 0 spiro atoms. The van der Waals surface area contributed by atoms with E-state index in [2.05, 4.69) is 0 Å². The van der Waals surface area contributed by atoms with Gasteiger partial charge in [0.1, 0.15) is 5.85 Å². The normalized spacial score (nSPS) is 51.0. The first kappa shape index (κ1) is 6.09. The molecule has 0 radical (unpaired) electrons. The van der Waals surface area contributed by atoms with E-state index in [-0.39, 0.29) is 0 Å². The molecule has 4 atom stereocenters. The predicted octanol–water partition coefficient (Wildman–Crippen LogP) is 0.511. The van der Waals surface area contributed by atoms with Crippen LogP contribution < -0.4 is 5.73 Å². The molecule has 9 heavy (non-hydrogen) atoms. The van der Waals surface area contributed by atoms with Crippen molar-refractivity contribution in [2.24, 2.45) is 5.73 Å². The first-order valence-electron chi connectivity index (χ1n) is 3.52. The average Bonchev–Trinajstić information content (AvgIpc) is 2.64. The summed E-state index contributed by atoms with van der Waals surface area (Å²) in [6.45, 7) is 0.866. The second-order valence-corrected chi connectivity index (χ2v) is 4.49. The fourth-order valence-electron chi connectivity index (χ4n) is 1.38. The average molecular weight is 145 g/mol. The Morgan fingerprint density at radius 2 is 2.44 bits per heavy atom. The fraction of sp³-hybridized carbons (Fsp3) is 1.00. The van der Waals surface area contributed by atoms with Crippen LogP contribution in [0, 0.1) is 0 Å². The second kappa shape index (κ2) is 2.19. The lowest BCUT2D eigenvalue weighted by Crippen LogP contribution is -2.20. The molecule has 3 heteroatoms. The van der Waals surface area contributed by atoms with Crippen molar-refractivity contribution < 1.29 is 4.74 Å². The molecule has 0 amide bonds. The van der Waals surface area contributed by atoms with Crippen LogP contribution in [0.15, 0.2) is 0 Å². The summed E-state index contributed by atoms with van der Waals surface area (Å²) in [7, 11) is 0.993. The molecule has 2 N–H and O–H groups in total. The van der Waals surface area contributed by atoms with E-state index in [1.54, 1.807) is 0 Å². The van der Waals surface area contributed by atoms with Gasteiger partial charge in [0.25, 0.3) is 0 Å². The van der Waals surface area contributed by atoms with Gasteiger partial charge < -0.3 is 10.5 Å². The van der Waals surface area contributed by atoms with Gasteiger partial charge in [-0.05, 0) is 25.0 Å². The smallest absolute Gasteiger partial charge is 0.100 e. The van der Waals surface area contributed by atoms with E-state index in [0.717, 1.165) is 20.8 Å². The zero-order valence-electron chi connectivity index (χ0n) is 5.34. The SMILES string of the molecule is NCC1CCC2OC2P1. The van der Waals surface area contributed by atoms with Crippen LogP contribution in [0.2, 0.25) is 0 Å². The van der Waals surface area contributed by atoms with Crippen molar-refractivity contribution in [3.63, 3.8) is 0 Å². The van der Waals surface area contributed by atoms with Gasteiger partial charge in [0.2, 0.25) is 0 Å². The number of rotatable bonds is 1. The zero-order chi connectivity index (χ0) is 6.27. The first-order chi connectivity index (χ1) is 4.40. The summed E-state index contributed by atoms with van der Waals surface area (Å²) in [4.78, 5) is 0. The molecule has 2 aliphatic rings. The van der Waals surface area contributed by atoms with Crippen LogP contribution >= 0.6 is 8.58 Å². The van der Waals surface area contributed by atoms with Gasteiger partial charge in [-0.15, -0.1) is 0 Å². The quantitative estimate of drug-likeness (QED) is 0.431. The molecule has 0 aliphatic carbocycles. The Balaban J connectivity index is 1.86. The standard InChI is InChI=1S/C6H12NOP/c7-3-4-1-2-5-6(8-5)9-4/h4-6,9H,1-3,7H2. The molecule has 2 rings (SSSR count). The molecule has 0 bridgehead atoms. The molecule has 0 aromatic carbocycles. The molecule has 0 aromatic rings. The van der Waals surface area contributed by atoms with Crippen molar-refractivity contribution in [2.75, 3.05) is 6.54 Å². The van der Waals surface area contributed by atoms with Crippen LogP contribution in [0.25, 0.3) is 0 Å². The van der Waals surface area contributed by atoms with E-state index < -0.39 is 0 Å². The maximum Gasteiger partial charge on any atom is 0.100 e. The highest BCUT2D eigenvalue weighted by Crippen LogP contribution is 2.48. The van der Waals surface area contributed by atoms with Crippen LogP contribution in [0.3, 0.4) is 0 Å². The Labute approximate surface area is 56.9 Å². The maximum absolute atomic E-state index is 5.54. The van der Waals surface area contributed by atoms with E-state index in [0.29, 0.717) is 11.9 Å². The number of hydrogen-bond acceptors (Lipinski definition) is 2. The van der Waals surface area contributed by atoms with Gasteiger partial charge in [0.05, 0.1) is 6.10 Å². The van der Waals surface area contributed by atoms with Gasteiger partial charge in [-0.3, -0.25) is 0 Å². The minimum Gasteiger partial charge on any atom is -0.365 e. The molecule has 0 saturated carbocycles. The van der Waals surface area contributed by atoms with Crippen LogP contribution in [-0.4, -0.2) is 24.2 Å². The molecule has 2 heterocycles. The van der Waals surface area contributed by atoms with Crippen molar-refractivity contribution in [1.82, 2.24) is 0 Å². The van der Waals surface area contributed by atoms with E-state index in [1.807, 2.05) is 0 Å². The first-order valence-corrected chi connectivity index (χ1v) is 4.67. The minimum atomic E-state index is 0.632. The van der Waals surface area contributed by atoms with Crippen molar-refractivity contribution in [3.05, 3.63) is 0 Å². The number of ether oxygens (including phenoxy) is 1. The summed E-state index contributed by atoms with van der Waals surface area (Å²) < 4.78 is 5.37. The van der Waals surface area contributed by atoms with Crippen molar-refractivity contribution in [3.8, 4) is 0 Å². The number of fused-ring (bicyclic) bond motifs is 1. The summed E-state index contributed by atoms with van der Waals surface area (Å²) in [5.74, 6) is 0.632. The van der Waals surface area contributed by atoms with E-state index >= 15 is 0 Å². The van der Waals surface area contributed by atoms with Gasteiger partial charge in [0.15, 0.2) is 0 Å². The summed E-state index contributed by atoms with van der Waals surface area (Å²) >= 11 is 0. The van der Waals surface area contributed by atoms with Gasteiger partial charge in [-0.2, -0.15) is 0 Å². The summed E-state index contributed by atoms with van der Waals surface area (Å²) in [6.07, 6.45) is 3.21. The van der Waals surface area contributed by atoms with E-state index in [9.17, 15) is 0 Å². The van der Waals surface area contributed by atoms with Crippen LogP contribution in [0.5, 0.6) is 0 Å². The molecular weight excluding hydrogens is 133 g/mol. The Bertz CT molecular complexity index is 120. The number of hydrogen-bond donors (Lipinski definition) is 1. The highest BCUT2D eigenvalue weighted by atomic mass is 31.1. The van der Waals surface area contributed by atoms with Crippen molar-refractivity contribution in [2.45, 2.75) is 30.4 Å². The number of nitrogens with two attached hydrogens (primary N) is 1. The zero-order valence-corrected chi connectivity index (χ0v) is 6.34. The summed E-state index contributed by atoms with van der Waals surface area (Å²) in [5, 5.41) is 0. The molecule has 2 fully saturated rings. The third-order valence-corrected chi connectivity index (χ3v) is 3.90. The van der Waals surface area contributed by atoms with Gasteiger partial charge in [0, 0.05) is 0 Å². The lowest BCUT2D eigenvalue weighted by molar-refractivity contribution is 0.390. The molecule has 4 unspecified atom stereocenters. The summed E-state index contributed by atoms with van der Waals surface area (Å²) in [6, 6.07) is 0. The second-order valence-electron chi connectivity index (χ2n) is 2.77. The highest BCUT2D eigenvalue weighted by Gasteiger charge is 2.43. The largest absolute Gasteiger partial charge is 0.365 e. The topological polar surface area (TPSA) is 38.5 Å². The lowest BCUT2D eigenvalue weighted by atomic mass is 10.2. The Kier molecular flexibility index (Phi) is 1.48. The highest BCUT2D eigenvalue weighted by molar-refractivity contribution is 7.40. The van der Waals surface area contributed by atoms with Crippen LogP contribution in [0.1, 0.15) is 12.8 Å². The Morgan fingerprint density at radius 3 is 3.11 bits per heavy atom. The monoisotopic (exact) mass is 145 g/mol.